The number of rotatable bonds is 7. The molecule has 2 aromatic carbocycles. The molecule has 1 atom stereocenters. The lowest BCUT2D eigenvalue weighted by Gasteiger charge is -2.18. The number of hydrogen-bond acceptors (Lipinski definition) is 8. The number of thioether (sulfide) groups is 1. The molecular formula is C23H23N3O5S. The average Bonchev–Trinajstić information content (AvgIpc) is 3.48. The molecule has 1 aromatic heterocycles. The van der Waals surface area contributed by atoms with Gasteiger partial charge in [-0.2, -0.15) is 0 Å². The van der Waals surface area contributed by atoms with Crippen LogP contribution in [0.4, 0.5) is 0 Å². The van der Waals surface area contributed by atoms with Gasteiger partial charge in [0, 0.05) is 17.7 Å². The molecule has 0 amide bonds. The first-order valence-electron chi connectivity index (χ1n) is 10.6. The van der Waals surface area contributed by atoms with Gasteiger partial charge in [-0.3, -0.25) is 9.36 Å². The van der Waals surface area contributed by atoms with Crippen molar-refractivity contribution in [2.45, 2.75) is 30.6 Å². The van der Waals surface area contributed by atoms with Crippen molar-refractivity contribution in [3.8, 4) is 28.6 Å². The lowest BCUT2D eigenvalue weighted by Crippen LogP contribution is -2.17. The molecule has 32 heavy (non-hydrogen) atoms. The molecule has 2 aliphatic heterocycles. The van der Waals surface area contributed by atoms with Crippen LogP contribution >= 0.6 is 11.8 Å². The van der Waals surface area contributed by atoms with Crippen molar-refractivity contribution < 1.29 is 24.1 Å². The van der Waals surface area contributed by atoms with E-state index in [4.69, 9.17) is 14.2 Å². The summed E-state index contributed by atoms with van der Waals surface area (Å²) in [4.78, 5) is 12.8. The van der Waals surface area contributed by atoms with E-state index >= 15 is 0 Å². The molecule has 3 aromatic rings. The molecule has 0 aliphatic carbocycles. The second kappa shape index (κ2) is 9.22. The Hall–Kier alpha value is -3.04. The van der Waals surface area contributed by atoms with E-state index in [1.54, 1.807) is 42.5 Å². The Balaban J connectivity index is 1.35. The standard InChI is InChI=1S/C23H23N3O5S/c27-17-6-3-15(4-7-17)22-24-25-23(26(22)13-18-2-1-9-29-18)32-14-19(28)16-5-8-20-21(12-16)31-11-10-30-20/h3-8,12,18,27H,1-2,9-11,13-14H2/t18-/m1/s1. The molecule has 1 saturated heterocycles. The normalized spacial score (nSPS) is 17.4. The molecule has 1 N–H and O–H groups in total. The number of Topliss-reactive ketones (excluding diaryl/α,β-unsaturated/α-hetero) is 1. The fraction of sp³-hybridized carbons (Fsp3) is 0.348. The molecule has 0 unspecified atom stereocenters. The molecule has 0 spiro atoms. The predicted molar refractivity (Wildman–Crippen MR) is 119 cm³/mol. The van der Waals surface area contributed by atoms with Gasteiger partial charge in [0.15, 0.2) is 28.3 Å². The summed E-state index contributed by atoms with van der Waals surface area (Å²) >= 11 is 1.35. The van der Waals surface area contributed by atoms with Crippen molar-refractivity contribution >= 4 is 17.5 Å². The van der Waals surface area contributed by atoms with Gasteiger partial charge in [-0.05, 0) is 55.3 Å². The SMILES string of the molecule is O=C(CSc1nnc(-c2ccc(O)cc2)n1C[C@H]1CCCO1)c1ccc2c(c1)OCCO2. The zero-order chi connectivity index (χ0) is 21.9. The average molecular weight is 454 g/mol. The minimum absolute atomic E-state index is 0.0233. The highest BCUT2D eigenvalue weighted by molar-refractivity contribution is 7.99. The number of phenolic OH excluding ortho intramolecular Hbond substituents is 1. The number of phenols is 1. The van der Waals surface area contributed by atoms with Gasteiger partial charge in [-0.25, -0.2) is 0 Å². The highest BCUT2D eigenvalue weighted by Gasteiger charge is 2.23. The van der Waals surface area contributed by atoms with Gasteiger partial charge in [-0.1, -0.05) is 11.8 Å². The Kier molecular flexibility index (Phi) is 6.00. The second-order valence-corrected chi connectivity index (χ2v) is 8.61. The van der Waals surface area contributed by atoms with Gasteiger partial charge >= 0.3 is 0 Å². The lowest BCUT2D eigenvalue weighted by atomic mass is 10.1. The van der Waals surface area contributed by atoms with Gasteiger partial charge in [0.2, 0.25) is 0 Å². The van der Waals surface area contributed by atoms with Crippen LogP contribution in [0.25, 0.3) is 11.4 Å². The third kappa shape index (κ3) is 4.44. The third-order valence-corrected chi connectivity index (χ3v) is 6.42. The number of hydrogen-bond donors (Lipinski definition) is 1. The monoisotopic (exact) mass is 453 g/mol. The van der Waals surface area contributed by atoms with E-state index < -0.39 is 0 Å². The summed E-state index contributed by atoms with van der Waals surface area (Å²) in [5.41, 5.74) is 1.42. The highest BCUT2D eigenvalue weighted by Crippen LogP contribution is 2.32. The zero-order valence-corrected chi connectivity index (χ0v) is 18.2. The van der Waals surface area contributed by atoms with Gasteiger partial charge < -0.3 is 19.3 Å². The highest BCUT2D eigenvalue weighted by atomic mass is 32.2. The number of aromatic nitrogens is 3. The summed E-state index contributed by atoms with van der Waals surface area (Å²) in [6.07, 6.45) is 2.11. The van der Waals surface area contributed by atoms with Crippen LogP contribution in [0.1, 0.15) is 23.2 Å². The predicted octanol–water partition coefficient (Wildman–Crippen LogP) is 3.58. The van der Waals surface area contributed by atoms with E-state index in [-0.39, 0.29) is 23.4 Å². The van der Waals surface area contributed by atoms with Crippen LogP contribution < -0.4 is 9.47 Å². The van der Waals surface area contributed by atoms with Crippen molar-refractivity contribution in [3.63, 3.8) is 0 Å². The smallest absolute Gasteiger partial charge is 0.192 e. The molecule has 0 bridgehead atoms. The number of carbonyl (C=O) groups is 1. The number of fused-ring (bicyclic) bond motifs is 1. The van der Waals surface area contributed by atoms with E-state index in [1.807, 2.05) is 4.57 Å². The van der Waals surface area contributed by atoms with Crippen LogP contribution in [0.15, 0.2) is 47.6 Å². The fourth-order valence-corrected chi connectivity index (χ4v) is 4.65. The molecular weight excluding hydrogens is 430 g/mol. The Morgan fingerprint density at radius 1 is 1.06 bits per heavy atom. The number of ether oxygens (including phenoxy) is 3. The van der Waals surface area contributed by atoms with Gasteiger partial charge in [0.1, 0.15) is 19.0 Å². The maximum absolute atomic E-state index is 12.8. The maximum atomic E-state index is 12.8. The Morgan fingerprint density at radius 2 is 1.88 bits per heavy atom. The number of nitrogens with zero attached hydrogens (tertiary/aromatic N) is 3. The Morgan fingerprint density at radius 3 is 2.66 bits per heavy atom. The first-order chi connectivity index (χ1) is 15.7. The Labute approximate surface area is 189 Å². The summed E-state index contributed by atoms with van der Waals surface area (Å²) in [6, 6.07) is 12.1. The molecule has 0 radical (unpaired) electrons. The third-order valence-electron chi connectivity index (χ3n) is 5.45. The largest absolute Gasteiger partial charge is 0.508 e. The maximum Gasteiger partial charge on any atom is 0.192 e. The Bertz CT molecular complexity index is 1110. The lowest BCUT2D eigenvalue weighted by molar-refractivity contribution is 0.0953. The first kappa shape index (κ1) is 20.8. The summed E-state index contributed by atoms with van der Waals surface area (Å²) < 4.78 is 18.9. The summed E-state index contributed by atoms with van der Waals surface area (Å²) in [7, 11) is 0. The molecule has 9 heteroatoms. The topological polar surface area (TPSA) is 95.7 Å². The van der Waals surface area contributed by atoms with Crippen LogP contribution in [-0.2, 0) is 11.3 Å². The quantitative estimate of drug-likeness (QED) is 0.428. The number of ketones is 1. The van der Waals surface area contributed by atoms with Crippen molar-refractivity contribution in [1.82, 2.24) is 14.8 Å². The fourth-order valence-electron chi connectivity index (χ4n) is 3.81. The van der Waals surface area contributed by atoms with Crippen molar-refractivity contribution in [2.24, 2.45) is 0 Å². The molecule has 5 rings (SSSR count). The molecule has 1 fully saturated rings. The molecule has 0 saturated carbocycles. The van der Waals surface area contributed by atoms with Crippen molar-refractivity contribution in [1.29, 1.82) is 0 Å². The van der Waals surface area contributed by atoms with Crippen molar-refractivity contribution in [3.05, 3.63) is 48.0 Å². The van der Waals surface area contributed by atoms with E-state index in [1.165, 1.54) is 11.8 Å². The van der Waals surface area contributed by atoms with Crippen LogP contribution in [0, 0.1) is 0 Å². The van der Waals surface area contributed by atoms with Gasteiger partial charge in [0.05, 0.1) is 18.4 Å². The minimum Gasteiger partial charge on any atom is -0.508 e. The summed E-state index contributed by atoms with van der Waals surface area (Å²) in [6.45, 7) is 2.36. The van der Waals surface area contributed by atoms with Gasteiger partial charge in [-0.15, -0.1) is 10.2 Å². The van der Waals surface area contributed by atoms with E-state index in [0.29, 0.717) is 47.8 Å². The van der Waals surface area contributed by atoms with Crippen LogP contribution in [0.5, 0.6) is 17.2 Å². The zero-order valence-electron chi connectivity index (χ0n) is 17.4. The second-order valence-electron chi connectivity index (χ2n) is 7.67. The number of aromatic hydroxyl groups is 1. The van der Waals surface area contributed by atoms with Crippen LogP contribution in [0.2, 0.25) is 0 Å². The molecule has 166 valence electrons. The van der Waals surface area contributed by atoms with Gasteiger partial charge in [0.25, 0.3) is 0 Å². The van der Waals surface area contributed by atoms with Crippen LogP contribution in [0.3, 0.4) is 0 Å². The minimum atomic E-state index is -0.0233. The van der Waals surface area contributed by atoms with E-state index in [2.05, 4.69) is 10.2 Å². The van der Waals surface area contributed by atoms with Crippen molar-refractivity contribution in [2.75, 3.05) is 25.6 Å². The molecule has 2 aliphatic rings. The first-order valence-corrected chi connectivity index (χ1v) is 11.6. The summed E-state index contributed by atoms with van der Waals surface area (Å²) in [5.74, 6) is 2.34. The number of carbonyl (C=O) groups excluding carboxylic acids is 1. The molecule has 8 nitrogen and oxygen atoms in total. The number of benzene rings is 2. The van der Waals surface area contributed by atoms with E-state index in [0.717, 1.165) is 25.0 Å². The summed E-state index contributed by atoms with van der Waals surface area (Å²) in [5, 5.41) is 19.0. The van der Waals surface area contributed by atoms with Crippen LogP contribution in [-0.4, -0.2) is 57.3 Å². The molecule has 3 heterocycles. The van der Waals surface area contributed by atoms with E-state index in [9.17, 15) is 9.90 Å².